The molecular formula is C20H25N5O3. The van der Waals surface area contributed by atoms with E-state index in [1.54, 1.807) is 37.4 Å². The van der Waals surface area contributed by atoms with Crippen LogP contribution in [-0.2, 0) is 4.74 Å². The fourth-order valence-corrected chi connectivity index (χ4v) is 3.06. The summed E-state index contributed by atoms with van der Waals surface area (Å²) in [6.45, 7) is 8.96. The first-order valence-electron chi connectivity index (χ1n) is 9.49. The number of amides is 1. The molecule has 0 bridgehead atoms. The highest BCUT2D eigenvalue weighted by molar-refractivity contribution is 6.06. The van der Waals surface area contributed by atoms with Gasteiger partial charge >= 0.3 is 5.97 Å². The number of rotatable bonds is 6. The first kappa shape index (κ1) is 19.8. The topological polar surface area (TPSA) is 87.7 Å². The van der Waals surface area contributed by atoms with E-state index in [0.29, 0.717) is 11.3 Å². The lowest BCUT2D eigenvalue weighted by Crippen LogP contribution is -2.46. The largest absolute Gasteiger partial charge is 0.462 e. The van der Waals surface area contributed by atoms with Gasteiger partial charge in [0.1, 0.15) is 11.5 Å². The van der Waals surface area contributed by atoms with Crippen LogP contribution < -0.4 is 10.2 Å². The molecule has 1 N–H and O–H groups in total. The quantitative estimate of drug-likeness (QED) is 0.764. The minimum atomic E-state index is -0.481. The zero-order valence-electron chi connectivity index (χ0n) is 16.2. The van der Waals surface area contributed by atoms with Crippen molar-refractivity contribution in [3.63, 3.8) is 0 Å². The van der Waals surface area contributed by atoms with Crippen LogP contribution in [0.5, 0.6) is 0 Å². The molecule has 0 unspecified atom stereocenters. The molecule has 1 aromatic heterocycles. The SMILES string of the molecule is CCOC(=O)c1ccccc1NC(=O)c1cnc(N2CCN(CC)CC2)cn1. The van der Waals surface area contributed by atoms with Crippen molar-refractivity contribution in [3.8, 4) is 0 Å². The van der Waals surface area contributed by atoms with E-state index in [-0.39, 0.29) is 12.3 Å². The molecule has 1 fully saturated rings. The van der Waals surface area contributed by atoms with Crippen LogP contribution in [0.2, 0.25) is 0 Å². The van der Waals surface area contributed by atoms with Crippen LogP contribution in [-0.4, -0.2) is 66.1 Å². The van der Waals surface area contributed by atoms with Crippen LogP contribution in [0.3, 0.4) is 0 Å². The molecule has 0 spiro atoms. The zero-order chi connectivity index (χ0) is 19.9. The molecule has 2 heterocycles. The molecule has 0 saturated carbocycles. The van der Waals surface area contributed by atoms with Crippen LogP contribution in [0.4, 0.5) is 11.5 Å². The standard InChI is InChI=1S/C20H25N5O3/c1-3-24-9-11-25(12-10-24)18-14-21-17(13-22-18)19(26)23-16-8-6-5-7-15(16)20(27)28-4-2/h5-8,13-14H,3-4,9-12H2,1-2H3,(H,23,26). The zero-order valence-corrected chi connectivity index (χ0v) is 16.2. The van der Waals surface area contributed by atoms with Crippen molar-refractivity contribution in [2.75, 3.05) is 49.5 Å². The number of hydrogen-bond donors (Lipinski definition) is 1. The van der Waals surface area contributed by atoms with Gasteiger partial charge in [0.2, 0.25) is 0 Å². The number of piperazine rings is 1. The van der Waals surface area contributed by atoms with Gasteiger partial charge in [-0.3, -0.25) is 4.79 Å². The summed E-state index contributed by atoms with van der Waals surface area (Å²) in [6.07, 6.45) is 3.08. The molecule has 1 saturated heterocycles. The molecule has 8 nitrogen and oxygen atoms in total. The monoisotopic (exact) mass is 383 g/mol. The van der Waals surface area contributed by atoms with Gasteiger partial charge in [0.25, 0.3) is 5.91 Å². The maximum absolute atomic E-state index is 12.5. The van der Waals surface area contributed by atoms with Gasteiger partial charge < -0.3 is 19.9 Å². The lowest BCUT2D eigenvalue weighted by molar-refractivity contribution is 0.0527. The smallest absolute Gasteiger partial charge is 0.340 e. The van der Waals surface area contributed by atoms with Gasteiger partial charge in [0.05, 0.1) is 30.3 Å². The highest BCUT2D eigenvalue weighted by Crippen LogP contribution is 2.18. The fraction of sp³-hybridized carbons (Fsp3) is 0.400. The van der Waals surface area contributed by atoms with Gasteiger partial charge in [-0.2, -0.15) is 0 Å². The Morgan fingerprint density at radius 1 is 1.07 bits per heavy atom. The summed E-state index contributed by atoms with van der Waals surface area (Å²) in [5, 5.41) is 2.72. The van der Waals surface area contributed by atoms with Crippen molar-refractivity contribution in [1.82, 2.24) is 14.9 Å². The maximum Gasteiger partial charge on any atom is 0.340 e. The summed E-state index contributed by atoms with van der Waals surface area (Å²) >= 11 is 0. The van der Waals surface area contributed by atoms with E-state index in [9.17, 15) is 9.59 Å². The number of para-hydroxylation sites is 1. The minimum absolute atomic E-state index is 0.189. The lowest BCUT2D eigenvalue weighted by Gasteiger charge is -2.34. The third-order valence-corrected chi connectivity index (χ3v) is 4.68. The van der Waals surface area contributed by atoms with Crippen molar-refractivity contribution in [2.24, 2.45) is 0 Å². The summed E-state index contributed by atoms with van der Waals surface area (Å²) in [7, 11) is 0. The van der Waals surface area contributed by atoms with Gasteiger partial charge in [-0.15, -0.1) is 0 Å². The molecule has 1 aromatic carbocycles. The molecule has 0 radical (unpaired) electrons. The Labute approximate surface area is 164 Å². The number of esters is 1. The van der Waals surface area contributed by atoms with Gasteiger partial charge in [-0.05, 0) is 25.6 Å². The number of anilines is 2. The predicted molar refractivity (Wildman–Crippen MR) is 107 cm³/mol. The van der Waals surface area contributed by atoms with Crippen molar-refractivity contribution in [2.45, 2.75) is 13.8 Å². The molecule has 2 aromatic rings. The Bertz CT molecular complexity index is 817. The van der Waals surface area contributed by atoms with E-state index >= 15 is 0 Å². The molecule has 0 atom stereocenters. The van der Waals surface area contributed by atoms with E-state index in [0.717, 1.165) is 38.5 Å². The fourth-order valence-electron chi connectivity index (χ4n) is 3.06. The second-order valence-electron chi connectivity index (χ2n) is 6.40. The van der Waals surface area contributed by atoms with Crippen molar-refractivity contribution >= 4 is 23.4 Å². The molecule has 1 aliphatic rings. The number of hydrogen-bond acceptors (Lipinski definition) is 7. The van der Waals surface area contributed by atoms with E-state index in [2.05, 4.69) is 32.0 Å². The lowest BCUT2D eigenvalue weighted by atomic mass is 10.1. The average molecular weight is 383 g/mol. The third kappa shape index (κ3) is 4.64. The van der Waals surface area contributed by atoms with Crippen LogP contribution in [0.1, 0.15) is 34.7 Å². The maximum atomic E-state index is 12.5. The van der Waals surface area contributed by atoms with Crippen molar-refractivity contribution in [3.05, 3.63) is 47.9 Å². The Morgan fingerprint density at radius 3 is 2.46 bits per heavy atom. The van der Waals surface area contributed by atoms with Gasteiger partial charge in [0.15, 0.2) is 0 Å². The first-order valence-corrected chi connectivity index (χ1v) is 9.49. The molecule has 0 aliphatic carbocycles. The number of nitrogens with zero attached hydrogens (tertiary/aromatic N) is 4. The number of ether oxygens (including phenoxy) is 1. The molecule has 1 aliphatic heterocycles. The van der Waals surface area contributed by atoms with Crippen molar-refractivity contribution in [1.29, 1.82) is 0 Å². The molecular weight excluding hydrogens is 358 g/mol. The highest BCUT2D eigenvalue weighted by atomic mass is 16.5. The summed E-state index contributed by atoms with van der Waals surface area (Å²) in [6, 6.07) is 6.72. The van der Waals surface area contributed by atoms with E-state index in [4.69, 9.17) is 4.74 Å². The van der Waals surface area contributed by atoms with Crippen LogP contribution in [0, 0.1) is 0 Å². The summed E-state index contributed by atoms with van der Waals surface area (Å²) < 4.78 is 5.03. The first-order chi connectivity index (χ1) is 13.6. The summed E-state index contributed by atoms with van der Waals surface area (Å²) in [5.74, 6) is -0.142. The Balaban J connectivity index is 1.67. The Morgan fingerprint density at radius 2 is 1.82 bits per heavy atom. The second-order valence-corrected chi connectivity index (χ2v) is 6.40. The third-order valence-electron chi connectivity index (χ3n) is 4.68. The van der Waals surface area contributed by atoms with Crippen molar-refractivity contribution < 1.29 is 14.3 Å². The second kappa shape index (κ2) is 9.27. The Kier molecular flexibility index (Phi) is 6.54. The molecule has 3 rings (SSSR count). The minimum Gasteiger partial charge on any atom is -0.462 e. The normalized spacial score (nSPS) is 14.6. The number of nitrogens with one attached hydrogen (secondary N) is 1. The number of carbonyl (C=O) groups is 2. The molecule has 1 amide bonds. The summed E-state index contributed by atoms with van der Waals surface area (Å²) in [5.41, 5.74) is 0.873. The molecule has 148 valence electrons. The highest BCUT2D eigenvalue weighted by Gasteiger charge is 2.19. The van der Waals surface area contributed by atoms with Gasteiger partial charge in [-0.25, -0.2) is 14.8 Å². The van der Waals surface area contributed by atoms with Gasteiger partial charge in [-0.1, -0.05) is 19.1 Å². The number of aromatic nitrogens is 2. The molecule has 28 heavy (non-hydrogen) atoms. The van der Waals surface area contributed by atoms with Gasteiger partial charge in [0, 0.05) is 26.2 Å². The average Bonchev–Trinajstić information content (AvgIpc) is 2.74. The number of likely N-dealkylation sites (N-methyl/N-ethyl adjacent to an activating group) is 1. The Hall–Kier alpha value is -3.00. The number of benzene rings is 1. The van der Waals surface area contributed by atoms with E-state index < -0.39 is 11.9 Å². The van der Waals surface area contributed by atoms with Crippen LogP contribution in [0.15, 0.2) is 36.7 Å². The summed E-state index contributed by atoms with van der Waals surface area (Å²) in [4.78, 5) is 37.8. The van der Waals surface area contributed by atoms with E-state index in [1.807, 2.05) is 0 Å². The number of carbonyl (C=O) groups excluding carboxylic acids is 2. The van der Waals surface area contributed by atoms with Crippen LogP contribution in [0.25, 0.3) is 0 Å². The predicted octanol–water partition coefficient (Wildman–Crippen LogP) is 2.05. The van der Waals surface area contributed by atoms with E-state index in [1.165, 1.54) is 6.20 Å². The molecule has 8 heteroatoms. The van der Waals surface area contributed by atoms with Crippen LogP contribution >= 0.6 is 0 Å².